The molecular formula is C11H9ClN4O2S. The van der Waals surface area contributed by atoms with Crippen LogP contribution < -0.4 is 5.73 Å². The highest BCUT2D eigenvalue weighted by molar-refractivity contribution is 7.80. The number of nitrogens with two attached hydrogens (primary N) is 1. The number of rotatable bonds is 3. The van der Waals surface area contributed by atoms with E-state index < -0.39 is 5.97 Å². The van der Waals surface area contributed by atoms with Gasteiger partial charge in [0.2, 0.25) is 0 Å². The second kappa shape index (κ2) is 5.33. The van der Waals surface area contributed by atoms with Gasteiger partial charge in [0.05, 0.1) is 17.8 Å². The Bertz CT molecular complexity index is 656. The Hall–Kier alpha value is -1.99. The van der Waals surface area contributed by atoms with E-state index in [-0.39, 0.29) is 10.8 Å². The molecule has 0 fully saturated rings. The van der Waals surface area contributed by atoms with E-state index in [0.717, 1.165) is 0 Å². The van der Waals surface area contributed by atoms with Crippen LogP contribution in [0.4, 0.5) is 0 Å². The number of esters is 1. The molecule has 0 saturated heterocycles. The molecule has 1 heterocycles. The summed E-state index contributed by atoms with van der Waals surface area (Å²) in [5, 5.41) is 4.38. The van der Waals surface area contributed by atoms with Gasteiger partial charge in [-0.3, -0.25) is 0 Å². The van der Waals surface area contributed by atoms with Crippen LogP contribution in [-0.4, -0.2) is 32.8 Å². The molecule has 0 saturated carbocycles. The highest BCUT2D eigenvalue weighted by atomic mass is 35.5. The standard InChI is InChI=1S/C11H9ClN4O2S/c1-18-11(17)10-14-5-16(15-10)6-2-3-7(9(13)19)8(12)4-6/h2-5H,1H3,(H2,13,19). The minimum atomic E-state index is -0.607. The second-order valence-corrected chi connectivity index (χ2v) is 4.38. The number of carbonyl (C=O) groups is 1. The number of halogens is 1. The minimum absolute atomic E-state index is 0.0305. The summed E-state index contributed by atoms with van der Waals surface area (Å²) in [7, 11) is 1.26. The van der Waals surface area contributed by atoms with Gasteiger partial charge in [0.15, 0.2) is 0 Å². The molecule has 0 radical (unpaired) electrons. The molecule has 2 aromatic rings. The van der Waals surface area contributed by atoms with E-state index in [9.17, 15) is 4.79 Å². The van der Waals surface area contributed by atoms with E-state index in [1.54, 1.807) is 18.2 Å². The molecule has 0 spiro atoms. The molecule has 0 aliphatic heterocycles. The van der Waals surface area contributed by atoms with Crippen molar-refractivity contribution in [1.82, 2.24) is 14.8 Å². The molecule has 98 valence electrons. The molecule has 19 heavy (non-hydrogen) atoms. The summed E-state index contributed by atoms with van der Waals surface area (Å²) < 4.78 is 5.93. The van der Waals surface area contributed by atoms with Crippen molar-refractivity contribution in [3.63, 3.8) is 0 Å². The average Bonchev–Trinajstić information content (AvgIpc) is 2.86. The third-order valence-corrected chi connectivity index (χ3v) is 2.88. The van der Waals surface area contributed by atoms with Crippen molar-refractivity contribution in [1.29, 1.82) is 0 Å². The molecule has 1 aromatic heterocycles. The quantitative estimate of drug-likeness (QED) is 0.680. The van der Waals surface area contributed by atoms with E-state index in [1.807, 2.05) is 0 Å². The van der Waals surface area contributed by atoms with E-state index >= 15 is 0 Å². The molecule has 0 unspecified atom stereocenters. The maximum atomic E-state index is 11.2. The summed E-state index contributed by atoms with van der Waals surface area (Å²) in [6, 6.07) is 5.03. The summed E-state index contributed by atoms with van der Waals surface area (Å²) in [6.45, 7) is 0. The van der Waals surface area contributed by atoms with Gasteiger partial charge in [0.1, 0.15) is 11.3 Å². The second-order valence-electron chi connectivity index (χ2n) is 3.53. The van der Waals surface area contributed by atoms with Gasteiger partial charge < -0.3 is 10.5 Å². The Morgan fingerprint density at radius 1 is 1.53 bits per heavy atom. The van der Waals surface area contributed by atoms with Crippen LogP contribution in [0.5, 0.6) is 0 Å². The molecular weight excluding hydrogens is 288 g/mol. The molecule has 0 aliphatic carbocycles. The van der Waals surface area contributed by atoms with Gasteiger partial charge in [0.25, 0.3) is 5.82 Å². The number of ether oxygens (including phenoxy) is 1. The SMILES string of the molecule is COC(=O)c1ncn(-c2ccc(C(N)=S)c(Cl)c2)n1. The molecule has 0 amide bonds. The number of carbonyl (C=O) groups excluding carboxylic acids is 1. The summed E-state index contributed by atoms with van der Waals surface area (Å²) in [5.41, 5.74) is 6.73. The number of thiocarbonyl (C=S) groups is 1. The van der Waals surface area contributed by atoms with Crippen LogP contribution in [0, 0.1) is 0 Å². The van der Waals surface area contributed by atoms with Gasteiger partial charge in [-0.15, -0.1) is 5.10 Å². The van der Waals surface area contributed by atoms with Crippen molar-refractivity contribution < 1.29 is 9.53 Å². The number of aromatic nitrogens is 3. The lowest BCUT2D eigenvalue weighted by atomic mass is 10.2. The molecule has 0 aliphatic rings. The van der Waals surface area contributed by atoms with E-state index in [1.165, 1.54) is 18.1 Å². The van der Waals surface area contributed by atoms with E-state index in [2.05, 4.69) is 14.8 Å². The molecule has 1 aromatic carbocycles. The van der Waals surface area contributed by atoms with Gasteiger partial charge in [-0.2, -0.15) is 0 Å². The van der Waals surface area contributed by atoms with Gasteiger partial charge in [-0.05, 0) is 18.2 Å². The Morgan fingerprint density at radius 3 is 2.84 bits per heavy atom. The largest absolute Gasteiger partial charge is 0.463 e. The Morgan fingerprint density at radius 2 is 2.26 bits per heavy atom. The van der Waals surface area contributed by atoms with Crippen molar-refractivity contribution >= 4 is 34.8 Å². The first kappa shape index (κ1) is 13.4. The smallest absolute Gasteiger partial charge is 0.377 e. The van der Waals surface area contributed by atoms with Crippen molar-refractivity contribution in [3.8, 4) is 5.69 Å². The Labute approximate surface area is 119 Å². The lowest BCUT2D eigenvalue weighted by Gasteiger charge is -2.05. The fraction of sp³-hybridized carbons (Fsp3) is 0.0909. The first-order valence-electron chi connectivity index (χ1n) is 5.12. The molecule has 0 bridgehead atoms. The molecule has 0 atom stereocenters. The zero-order chi connectivity index (χ0) is 14.0. The number of benzene rings is 1. The zero-order valence-corrected chi connectivity index (χ0v) is 11.4. The van der Waals surface area contributed by atoms with Crippen LogP contribution in [0.2, 0.25) is 5.02 Å². The van der Waals surface area contributed by atoms with E-state index in [4.69, 9.17) is 29.6 Å². The molecule has 2 rings (SSSR count). The topological polar surface area (TPSA) is 83.0 Å². The van der Waals surface area contributed by atoms with Crippen LogP contribution in [0.1, 0.15) is 16.2 Å². The van der Waals surface area contributed by atoms with Crippen molar-refractivity contribution in [3.05, 3.63) is 40.9 Å². The Balaban J connectivity index is 2.37. The lowest BCUT2D eigenvalue weighted by molar-refractivity contribution is 0.0587. The lowest BCUT2D eigenvalue weighted by Crippen LogP contribution is -2.10. The van der Waals surface area contributed by atoms with Crippen LogP contribution in [0.3, 0.4) is 0 Å². The van der Waals surface area contributed by atoms with Crippen LogP contribution >= 0.6 is 23.8 Å². The highest BCUT2D eigenvalue weighted by Crippen LogP contribution is 2.19. The maximum Gasteiger partial charge on any atom is 0.377 e. The number of hydrogen-bond acceptors (Lipinski definition) is 5. The number of hydrogen-bond donors (Lipinski definition) is 1. The summed E-state index contributed by atoms with van der Waals surface area (Å²) in [6.07, 6.45) is 1.39. The third kappa shape index (κ3) is 2.72. The molecule has 8 heteroatoms. The normalized spacial score (nSPS) is 10.2. The monoisotopic (exact) mass is 296 g/mol. The fourth-order valence-electron chi connectivity index (χ4n) is 1.42. The van der Waals surface area contributed by atoms with Crippen molar-refractivity contribution in [2.75, 3.05) is 7.11 Å². The highest BCUT2D eigenvalue weighted by Gasteiger charge is 2.13. The van der Waals surface area contributed by atoms with Gasteiger partial charge in [-0.25, -0.2) is 14.5 Å². The number of methoxy groups -OCH3 is 1. The van der Waals surface area contributed by atoms with E-state index in [0.29, 0.717) is 16.3 Å². The van der Waals surface area contributed by atoms with Crippen LogP contribution in [-0.2, 0) is 4.74 Å². The number of nitrogens with zero attached hydrogens (tertiary/aromatic N) is 3. The minimum Gasteiger partial charge on any atom is -0.463 e. The summed E-state index contributed by atoms with van der Waals surface area (Å²) in [4.78, 5) is 15.3. The van der Waals surface area contributed by atoms with Gasteiger partial charge >= 0.3 is 5.97 Å². The third-order valence-electron chi connectivity index (χ3n) is 2.34. The predicted molar refractivity (Wildman–Crippen MR) is 73.6 cm³/mol. The van der Waals surface area contributed by atoms with Crippen LogP contribution in [0.25, 0.3) is 5.69 Å². The first-order chi connectivity index (χ1) is 9.02. The van der Waals surface area contributed by atoms with Crippen molar-refractivity contribution in [2.24, 2.45) is 5.73 Å². The first-order valence-corrected chi connectivity index (χ1v) is 5.91. The molecule has 2 N–H and O–H groups in total. The fourth-order valence-corrected chi connectivity index (χ4v) is 1.93. The Kier molecular flexibility index (Phi) is 3.77. The van der Waals surface area contributed by atoms with Crippen molar-refractivity contribution in [2.45, 2.75) is 0 Å². The van der Waals surface area contributed by atoms with Crippen LogP contribution in [0.15, 0.2) is 24.5 Å². The maximum absolute atomic E-state index is 11.2. The molecule has 6 nitrogen and oxygen atoms in total. The average molecular weight is 297 g/mol. The zero-order valence-electron chi connectivity index (χ0n) is 9.83. The van der Waals surface area contributed by atoms with Gasteiger partial charge in [-0.1, -0.05) is 23.8 Å². The summed E-state index contributed by atoms with van der Waals surface area (Å²) in [5.74, 6) is -0.637. The van der Waals surface area contributed by atoms with Gasteiger partial charge in [0, 0.05) is 5.56 Å². The predicted octanol–water partition coefficient (Wildman–Crippen LogP) is 1.34. The summed E-state index contributed by atoms with van der Waals surface area (Å²) >= 11 is 10.9.